The Kier molecular flexibility index (Phi) is 5.51. The van der Waals surface area contributed by atoms with Crippen LogP contribution < -0.4 is 5.73 Å². The summed E-state index contributed by atoms with van der Waals surface area (Å²) >= 11 is 3.53. The van der Waals surface area contributed by atoms with Crippen molar-refractivity contribution in [2.24, 2.45) is 5.73 Å². The van der Waals surface area contributed by atoms with Gasteiger partial charge in [0, 0.05) is 28.8 Å². The molecule has 0 aliphatic rings. The minimum Gasteiger partial charge on any atom is -0.326 e. The van der Waals surface area contributed by atoms with Gasteiger partial charge >= 0.3 is 0 Å². The van der Waals surface area contributed by atoms with E-state index in [2.05, 4.69) is 51.1 Å². The first-order valence-electron chi connectivity index (χ1n) is 7.11. The number of aryl methyl sites for hydroxylation is 1. The quantitative estimate of drug-likeness (QED) is 0.896. The highest BCUT2D eigenvalue weighted by molar-refractivity contribution is 9.10. The van der Waals surface area contributed by atoms with Crippen LogP contribution in [-0.4, -0.2) is 23.0 Å². The van der Waals surface area contributed by atoms with Gasteiger partial charge in [-0.2, -0.15) is 0 Å². The zero-order chi connectivity index (χ0) is 15.4. The molecule has 0 spiro atoms. The van der Waals surface area contributed by atoms with Crippen molar-refractivity contribution in [2.75, 3.05) is 7.05 Å². The molecule has 0 radical (unpaired) electrons. The normalized spacial score (nSPS) is 14.2. The molecule has 112 valence electrons. The minimum absolute atomic E-state index is 0.0362. The molecular weight excluding hydrogens is 326 g/mol. The third-order valence-corrected chi connectivity index (χ3v) is 4.01. The monoisotopic (exact) mass is 347 g/mol. The van der Waals surface area contributed by atoms with Gasteiger partial charge in [-0.05, 0) is 50.7 Å². The number of benzene rings is 1. The molecule has 0 saturated carbocycles. The number of aromatic nitrogens is 1. The molecule has 4 heteroatoms. The highest BCUT2D eigenvalue weighted by Crippen LogP contribution is 2.26. The topological polar surface area (TPSA) is 42.1 Å². The second-order valence-corrected chi connectivity index (χ2v) is 6.46. The van der Waals surface area contributed by atoms with Crippen molar-refractivity contribution in [3.8, 4) is 0 Å². The number of likely N-dealkylation sites (N-methyl/N-ethyl adjacent to an activating group) is 1. The molecule has 21 heavy (non-hydrogen) atoms. The lowest BCUT2D eigenvalue weighted by Crippen LogP contribution is -2.37. The van der Waals surface area contributed by atoms with Crippen LogP contribution in [0.2, 0.25) is 0 Å². The summed E-state index contributed by atoms with van der Waals surface area (Å²) in [6.07, 6.45) is 0. The molecule has 0 aliphatic heterocycles. The Morgan fingerprint density at radius 2 is 1.95 bits per heavy atom. The van der Waals surface area contributed by atoms with Crippen LogP contribution in [0.4, 0.5) is 0 Å². The van der Waals surface area contributed by atoms with E-state index in [1.54, 1.807) is 0 Å². The van der Waals surface area contributed by atoms with Gasteiger partial charge in [-0.1, -0.05) is 34.1 Å². The van der Waals surface area contributed by atoms with E-state index < -0.39 is 0 Å². The maximum atomic E-state index is 6.23. The summed E-state index contributed by atoms with van der Waals surface area (Å²) in [6, 6.07) is 14.7. The molecule has 0 saturated heterocycles. The van der Waals surface area contributed by atoms with Crippen LogP contribution in [0.25, 0.3) is 0 Å². The summed E-state index contributed by atoms with van der Waals surface area (Å²) in [5, 5.41) is 0. The number of hydrogen-bond acceptors (Lipinski definition) is 3. The Balaban J connectivity index is 2.22. The molecule has 0 amide bonds. The molecule has 2 unspecified atom stereocenters. The van der Waals surface area contributed by atoms with Crippen molar-refractivity contribution in [3.05, 3.63) is 63.9 Å². The van der Waals surface area contributed by atoms with Crippen LogP contribution in [-0.2, 0) is 6.54 Å². The number of hydrogen-bond donors (Lipinski definition) is 1. The van der Waals surface area contributed by atoms with Crippen molar-refractivity contribution in [3.63, 3.8) is 0 Å². The first kappa shape index (κ1) is 16.1. The summed E-state index contributed by atoms with van der Waals surface area (Å²) in [5.74, 6) is 0. The summed E-state index contributed by atoms with van der Waals surface area (Å²) in [6.45, 7) is 4.84. The van der Waals surface area contributed by atoms with E-state index >= 15 is 0 Å². The van der Waals surface area contributed by atoms with Gasteiger partial charge in [0.2, 0.25) is 0 Å². The number of pyridine rings is 1. The summed E-state index contributed by atoms with van der Waals surface area (Å²) in [7, 11) is 2.10. The predicted octanol–water partition coefficient (Wildman–Crippen LogP) is 3.67. The maximum absolute atomic E-state index is 6.23. The summed E-state index contributed by atoms with van der Waals surface area (Å²) < 4.78 is 1.08. The number of nitrogens with zero attached hydrogens (tertiary/aromatic N) is 2. The third-order valence-electron chi connectivity index (χ3n) is 3.52. The van der Waals surface area contributed by atoms with Gasteiger partial charge in [0.1, 0.15) is 0 Å². The Labute approximate surface area is 135 Å². The molecule has 0 bridgehead atoms. The van der Waals surface area contributed by atoms with Crippen molar-refractivity contribution in [1.82, 2.24) is 9.88 Å². The molecule has 1 aromatic carbocycles. The fourth-order valence-corrected chi connectivity index (χ4v) is 3.11. The smallest absolute Gasteiger partial charge is 0.0547 e. The van der Waals surface area contributed by atoms with Crippen LogP contribution in [0, 0.1) is 6.92 Å². The van der Waals surface area contributed by atoms with E-state index in [-0.39, 0.29) is 12.1 Å². The Morgan fingerprint density at radius 1 is 1.24 bits per heavy atom. The zero-order valence-corrected chi connectivity index (χ0v) is 14.3. The molecule has 2 rings (SSSR count). The maximum Gasteiger partial charge on any atom is 0.0547 e. The summed E-state index contributed by atoms with van der Waals surface area (Å²) in [4.78, 5) is 6.83. The minimum atomic E-state index is 0.0362. The van der Waals surface area contributed by atoms with Gasteiger partial charge in [0.05, 0.1) is 5.69 Å². The van der Waals surface area contributed by atoms with Gasteiger partial charge in [0.25, 0.3) is 0 Å². The van der Waals surface area contributed by atoms with Crippen LogP contribution in [0.15, 0.2) is 46.9 Å². The van der Waals surface area contributed by atoms with Gasteiger partial charge < -0.3 is 5.73 Å². The van der Waals surface area contributed by atoms with Gasteiger partial charge in [0.15, 0.2) is 0 Å². The molecule has 2 aromatic rings. The standard InChI is InChI=1S/C17H22BrN3/c1-12-6-4-9-16(20-12)11-21(3)17(13(2)19)14-7-5-8-15(18)10-14/h4-10,13,17H,11,19H2,1-3H3. The van der Waals surface area contributed by atoms with E-state index in [0.29, 0.717) is 0 Å². The second-order valence-electron chi connectivity index (χ2n) is 5.54. The lowest BCUT2D eigenvalue weighted by Gasteiger charge is -2.31. The largest absolute Gasteiger partial charge is 0.326 e. The number of halogens is 1. The van der Waals surface area contributed by atoms with E-state index in [1.165, 1.54) is 5.56 Å². The molecular formula is C17H22BrN3. The average molecular weight is 348 g/mol. The van der Waals surface area contributed by atoms with Crippen LogP contribution in [0.3, 0.4) is 0 Å². The molecule has 0 aliphatic carbocycles. The fourth-order valence-electron chi connectivity index (χ4n) is 2.69. The first-order valence-corrected chi connectivity index (χ1v) is 7.90. The number of nitrogens with two attached hydrogens (primary N) is 1. The molecule has 1 aromatic heterocycles. The number of rotatable bonds is 5. The SMILES string of the molecule is Cc1cccc(CN(C)C(c2cccc(Br)c2)C(C)N)n1. The van der Waals surface area contributed by atoms with E-state index in [4.69, 9.17) is 5.73 Å². The van der Waals surface area contributed by atoms with Gasteiger partial charge in [-0.3, -0.25) is 9.88 Å². The first-order chi connectivity index (χ1) is 9.97. The fraction of sp³-hybridized carbons (Fsp3) is 0.353. The van der Waals surface area contributed by atoms with Crippen LogP contribution >= 0.6 is 15.9 Å². The van der Waals surface area contributed by atoms with Crippen LogP contribution in [0.1, 0.15) is 29.9 Å². The van der Waals surface area contributed by atoms with Gasteiger partial charge in [-0.25, -0.2) is 0 Å². The van der Waals surface area contributed by atoms with Gasteiger partial charge in [-0.15, -0.1) is 0 Å². The Bertz CT molecular complexity index is 598. The summed E-state index contributed by atoms with van der Waals surface area (Å²) in [5.41, 5.74) is 9.55. The Morgan fingerprint density at radius 3 is 2.57 bits per heavy atom. The van der Waals surface area contributed by atoms with Crippen LogP contribution in [0.5, 0.6) is 0 Å². The molecule has 2 atom stereocenters. The van der Waals surface area contributed by atoms with Crippen molar-refractivity contribution in [1.29, 1.82) is 0 Å². The van der Waals surface area contributed by atoms with E-state index in [1.807, 2.05) is 38.1 Å². The molecule has 1 heterocycles. The Hall–Kier alpha value is -1.23. The second kappa shape index (κ2) is 7.16. The molecule has 0 fully saturated rings. The highest BCUT2D eigenvalue weighted by Gasteiger charge is 2.21. The lowest BCUT2D eigenvalue weighted by atomic mass is 9.99. The predicted molar refractivity (Wildman–Crippen MR) is 91.0 cm³/mol. The highest BCUT2D eigenvalue weighted by atomic mass is 79.9. The van der Waals surface area contributed by atoms with Crippen molar-refractivity contribution in [2.45, 2.75) is 32.5 Å². The van der Waals surface area contributed by atoms with Crippen molar-refractivity contribution >= 4 is 15.9 Å². The molecule has 2 N–H and O–H groups in total. The lowest BCUT2D eigenvalue weighted by molar-refractivity contribution is 0.208. The van der Waals surface area contributed by atoms with E-state index in [9.17, 15) is 0 Å². The van der Waals surface area contributed by atoms with E-state index in [0.717, 1.165) is 22.4 Å². The molecule has 3 nitrogen and oxygen atoms in total. The third kappa shape index (κ3) is 4.37. The average Bonchev–Trinajstić information content (AvgIpc) is 2.38. The zero-order valence-electron chi connectivity index (χ0n) is 12.8. The van der Waals surface area contributed by atoms with Crippen molar-refractivity contribution < 1.29 is 0 Å².